The maximum Gasteiger partial charge on any atom is 0.319 e. The number of carbonyl (C=O) groups is 3. The molecule has 0 bridgehead atoms. The van der Waals surface area contributed by atoms with E-state index in [-0.39, 0.29) is 55.1 Å². The van der Waals surface area contributed by atoms with Gasteiger partial charge in [0, 0.05) is 44.9 Å². The van der Waals surface area contributed by atoms with Gasteiger partial charge in [-0.1, -0.05) is 6.92 Å². The van der Waals surface area contributed by atoms with Crippen molar-refractivity contribution in [2.75, 3.05) is 59.8 Å². The van der Waals surface area contributed by atoms with E-state index in [2.05, 4.69) is 10.6 Å². The molecule has 1 aliphatic heterocycles. The molecule has 0 aliphatic carbocycles. The zero-order valence-corrected chi connectivity index (χ0v) is 22.3. The molecule has 0 unspecified atom stereocenters. The van der Waals surface area contributed by atoms with Crippen molar-refractivity contribution in [3.8, 4) is 5.75 Å². The van der Waals surface area contributed by atoms with E-state index in [1.54, 1.807) is 37.3 Å². The third kappa shape index (κ3) is 8.10. The summed E-state index contributed by atoms with van der Waals surface area (Å²) in [4.78, 5) is 43.9. The molecule has 0 aromatic heterocycles. The lowest BCUT2D eigenvalue weighted by Gasteiger charge is -2.36. The highest BCUT2D eigenvalue weighted by molar-refractivity contribution is 5.99. The number of hydrogen-bond acceptors (Lipinski definition) is 6. The molecule has 2 N–H and O–H groups in total. The van der Waals surface area contributed by atoms with E-state index < -0.39 is 0 Å². The monoisotopic (exact) mass is 491 g/mol. The van der Waals surface area contributed by atoms with Gasteiger partial charge in [0.25, 0.3) is 5.91 Å². The molecule has 0 saturated carbocycles. The lowest BCUT2D eigenvalue weighted by Crippen LogP contribution is -2.50. The molecule has 0 radical (unpaired) electrons. The number of anilines is 1. The number of hydrogen-bond donors (Lipinski definition) is 2. The minimum atomic E-state index is -0.355. The first-order valence-corrected chi connectivity index (χ1v) is 12.0. The zero-order valence-electron chi connectivity index (χ0n) is 22.3. The van der Waals surface area contributed by atoms with Gasteiger partial charge in [-0.3, -0.25) is 9.59 Å². The number of rotatable bonds is 5. The lowest BCUT2D eigenvalue weighted by molar-refractivity contribution is -0.136. The Hall–Kier alpha value is -2.85. The van der Waals surface area contributed by atoms with Crippen molar-refractivity contribution in [2.24, 2.45) is 5.92 Å². The minimum Gasteiger partial charge on any atom is -0.491 e. The van der Waals surface area contributed by atoms with Crippen LogP contribution in [-0.4, -0.2) is 105 Å². The Kier molecular flexibility index (Phi) is 10.3. The summed E-state index contributed by atoms with van der Waals surface area (Å²) in [6.45, 7) is 9.02. The predicted molar refractivity (Wildman–Crippen MR) is 136 cm³/mol. The topological polar surface area (TPSA) is 103 Å². The molecule has 0 spiro atoms. The van der Waals surface area contributed by atoms with Crippen LogP contribution in [0, 0.1) is 5.92 Å². The largest absolute Gasteiger partial charge is 0.491 e. The van der Waals surface area contributed by atoms with Gasteiger partial charge in [-0.2, -0.15) is 0 Å². The highest BCUT2D eigenvalue weighted by atomic mass is 16.5. The van der Waals surface area contributed by atoms with Crippen LogP contribution in [0.2, 0.25) is 0 Å². The van der Waals surface area contributed by atoms with Crippen LogP contribution in [0.5, 0.6) is 5.75 Å². The highest BCUT2D eigenvalue weighted by Gasteiger charge is 2.30. The van der Waals surface area contributed by atoms with E-state index in [9.17, 15) is 14.4 Å². The van der Waals surface area contributed by atoms with Crippen molar-refractivity contribution in [3.63, 3.8) is 0 Å². The van der Waals surface area contributed by atoms with Gasteiger partial charge in [0.1, 0.15) is 12.4 Å². The number of methoxy groups -OCH3 is 1. The molecule has 1 heterocycles. The first kappa shape index (κ1) is 28.4. The second-order valence-corrected chi connectivity index (χ2v) is 9.85. The minimum absolute atomic E-state index is 0.00484. The fourth-order valence-corrected chi connectivity index (χ4v) is 3.99. The summed E-state index contributed by atoms with van der Waals surface area (Å²) in [6, 6.07) is 4.38. The van der Waals surface area contributed by atoms with E-state index in [0.29, 0.717) is 30.1 Å². The summed E-state index contributed by atoms with van der Waals surface area (Å²) in [5.74, 6) is 0.141. The molecule has 1 aliphatic rings. The Balaban J connectivity index is 2.41. The van der Waals surface area contributed by atoms with E-state index >= 15 is 0 Å². The Bertz CT molecular complexity index is 891. The van der Waals surface area contributed by atoms with Crippen molar-refractivity contribution < 1.29 is 23.9 Å². The normalized spacial score (nSPS) is 21.7. The SMILES string of the molecule is CO[C@@H]1CN(C)C(=O)c2cc(NC(=O)NC(C)C)ccc2OC[C@@H](C)N(C(=O)CN(C)C)C[C@@H]1C. The summed E-state index contributed by atoms with van der Waals surface area (Å²) in [6.07, 6.45) is -0.271. The van der Waals surface area contributed by atoms with Gasteiger partial charge >= 0.3 is 6.03 Å². The maximum absolute atomic E-state index is 13.4. The van der Waals surface area contributed by atoms with Crippen molar-refractivity contribution in [1.82, 2.24) is 20.0 Å². The van der Waals surface area contributed by atoms with Crippen LogP contribution in [0.15, 0.2) is 18.2 Å². The molecule has 0 fully saturated rings. The number of benzene rings is 1. The van der Waals surface area contributed by atoms with Gasteiger partial charge in [0.2, 0.25) is 5.91 Å². The average Bonchev–Trinajstić information content (AvgIpc) is 2.77. The molecule has 35 heavy (non-hydrogen) atoms. The molecule has 0 saturated heterocycles. The summed E-state index contributed by atoms with van der Waals surface area (Å²) in [7, 11) is 7.05. The van der Waals surface area contributed by atoms with Crippen LogP contribution in [0.4, 0.5) is 10.5 Å². The van der Waals surface area contributed by atoms with Crippen molar-refractivity contribution in [1.29, 1.82) is 0 Å². The molecular weight excluding hydrogens is 450 g/mol. The Morgan fingerprint density at radius 2 is 1.91 bits per heavy atom. The van der Waals surface area contributed by atoms with Crippen LogP contribution in [0.25, 0.3) is 0 Å². The molecule has 4 amide bonds. The second-order valence-electron chi connectivity index (χ2n) is 9.85. The van der Waals surface area contributed by atoms with Crippen LogP contribution in [-0.2, 0) is 9.53 Å². The summed E-state index contributed by atoms with van der Waals surface area (Å²) in [5, 5.41) is 5.53. The number of likely N-dealkylation sites (N-methyl/N-ethyl adjacent to an activating group) is 2. The van der Waals surface area contributed by atoms with Crippen LogP contribution in [0.3, 0.4) is 0 Å². The van der Waals surface area contributed by atoms with Crippen molar-refractivity contribution in [3.05, 3.63) is 23.8 Å². The molecule has 1 aromatic carbocycles. The number of fused-ring (bicyclic) bond motifs is 1. The first-order valence-electron chi connectivity index (χ1n) is 12.0. The molecule has 3 atom stereocenters. The standard InChI is InChI=1S/C25H41N5O5/c1-16(2)26-25(33)27-19-9-10-21-20(11-19)24(32)29(7)13-22(34-8)17(3)12-30(18(4)15-35-21)23(31)14-28(5)6/h9-11,16-18,22H,12-15H2,1-8H3,(H2,26,27,33)/t17-,18+,22+/m0/s1. The lowest BCUT2D eigenvalue weighted by atomic mass is 10.0. The fourth-order valence-electron chi connectivity index (χ4n) is 3.99. The maximum atomic E-state index is 13.4. The number of urea groups is 1. The summed E-state index contributed by atoms with van der Waals surface area (Å²) in [5.41, 5.74) is 0.808. The van der Waals surface area contributed by atoms with Gasteiger partial charge in [0.05, 0.1) is 24.3 Å². The van der Waals surface area contributed by atoms with Crippen molar-refractivity contribution in [2.45, 2.75) is 45.9 Å². The number of nitrogens with zero attached hydrogens (tertiary/aromatic N) is 3. The Labute approximate surface area is 208 Å². The predicted octanol–water partition coefficient (Wildman–Crippen LogP) is 2.11. The van der Waals surface area contributed by atoms with Crippen molar-refractivity contribution >= 4 is 23.5 Å². The number of ether oxygens (including phenoxy) is 2. The first-order chi connectivity index (χ1) is 16.4. The fraction of sp³-hybridized carbons (Fsp3) is 0.640. The van der Waals surface area contributed by atoms with Crippen LogP contribution in [0.1, 0.15) is 38.1 Å². The van der Waals surface area contributed by atoms with E-state index in [0.717, 1.165) is 0 Å². The zero-order chi connectivity index (χ0) is 26.3. The van der Waals surface area contributed by atoms with Gasteiger partial charge < -0.3 is 34.8 Å². The van der Waals surface area contributed by atoms with Gasteiger partial charge in [-0.25, -0.2) is 4.79 Å². The van der Waals surface area contributed by atoms with E-state index in [1.165, 1.54) is 0 Å². The number of amides is 4. The average molecular weight is 492 g/mol. The molecule has 196 valence electrons. The number of nitrogens with one attached hydrogen (secondary N) is 2. The molecule has 1 aromatic rings. The molecular formula is C25H41N5O5. The Morgan fingerprint density at radius 1 is 1.23 bits per heavy atom. The smallest absolute Gasteiger partial charge is 0.319 e. The summed E-state index contributed by atoms with van der Waals surface area (Å²) >= 11 is 0. The second kappa shape index (κ2) is 12.7. The molecule has 2 rings (SSSR count). The van der Waals surface area contributed by atoms with Crippen LogP contribution >= 0.6 is 0 Å². The quantitative estimate of drug-likeness (QED) is 0.654. The number of carbonyl (C=O) groups excluding carboxylic acids is 3. The molecule has 10 heteroatoms. The van der Waals surface area contributed by atoms with Gasteiger partial charge in [-0.05, 0) is 53.1 Å². The third-order valence-corrected chi connectivity index (χ3v) is 5.89. The molecule has 10 nitrogen and oxygen atoms in total. The van der Waals surface area contributed by atoms with E-state index in [1.807, 2.05) is 51.6 Å². The third-order valence-electron chi connectivity index (χ3n) is 5.89. The van der Waals surface area contributed by atoms with Gasteiger partial charge in [-0.15, -0.1) is 0 Å². The highest BCUT2D eigenvalue weighted by Crippen LogP contribution is 2.26. The summed E-state index contributed by atoms with van der Waals surface area (Å²) < 4.78 is 11.8. The van der Waals surface area contributed by atoms with E-state index in [4.69, 9.17) is 9.47 Å². The Morgan fingerprint density at radius 3 is 2.51 bits per heavy atom. The van der Waals surface area contributed by atoms with Crippen LogP contribution < -0.4 is 15.4 Å². The van der Waals surface area contributed by atoms with Gasteiger partial charge in [0.15, 0.2) is 0 Å².